The van der Waals surface area contributed by atoms with Crippen LogP contribution in [0.5, 0.6) is 0 Å². The molecule has 116 valence electrons. The first-order chi connectivity index (χ1) is 10.6. The lowest BCUT2D eigenvalue weighted by Gasteiger charge is -2.11. The topological polar surface area (TPSA) is 56.2 Å². The largest absolute Gasteiger partial charge is 0.368 e. The van der Waals surface area contributed by atoms with E-state index in [1.807, 2.05) is 38.1 Å². The smallest absolute Gasteiger partial charge is 0.253 e. The van der Waals surface area contributed by atoms with E-state index in [1.54, 1.807) is 4.68 Å². The minimum atomic E-state index is -0.325. The molecule has 0 aliphatic carbocycles. The summed E-state index contributed by atoms with van der Waals surface area (Å²) in [6, 6.07) is 7.51. The molecule has 3 rings (SSSR count). The van der Waals surface area contributed by atoms with Crippen molar-refractivity contribution in [3.8, 4) is 5.69 Å². The van der Waals surface area contributed by atoms with Crippen LogP contribution in [-0.4, -0.2) is 28.4 Å². The maximum Gasteiger partial charge on any atom is 0.253 e. The Morgan fingerprint density at radius 3 is 2.64 bits per heavy atom. The fraction of sp³-hybridized carbons (Fsp3) is 0.375. The van der Waals surface area contributed by atoms with Crippen molar-refractivity contribution in [1.29, 1.82) is 0 Å². The molecule has 1 aromatic heterocycles. The Labute approximate surface area is 134 Å². The van der Waals surface area contributed by atoms with Crippen LogP contribution in [0, 0.1) is 13.8 Å². The van der Waals surface area contributed by atoms with Gasteiger partial charge < -0.3 is 10.1 Å². The minimum absolute atomic E-state index is 0.0839. The highest BCUT2D eigenvalue weighted by molar-refractivity contribution is 6.31. The van der Waals surface area contributed by atoms with Crippen molar-refractivity contribution >= 4 is 23.2 Å². The van der Waals surface area contributed by atoms with Crippen molar-refractivity contribution in [3.63, 3.8) is 0 Å². The molecule has 22 heavy (non-hydrogen) atoms. The molecule has 0 saturated carbocycles. The van der Waals surface area contributed by atoms with Crippen LogP contribution in [-0.2, 0) is 9.53 Å². The van der Waals surface area contributed by atoms with Gasteiger partial charge in [0.2, 0.25) is 0 Å². The van der Waals surface area contributed by atoms with E-state index in [-0.39, 0.29) is 12.0 Å². The normalized spacial score (nSPS) is 17.7. The Balaban J connectivity index is 1.75. The quantitative estimate of drug-likeness (QED) is 0.944. The van der Waals surface area contributed by atoms with Crippen molar-refractivity contribution in [2.75, 3.05) is 11.9 Å². The van der Waals surface area contributed by atoms with Crippen LogP contribution in [0.4, 0.5) is 5.69 Å². The van der Waals surface area contributed by atoms with Crippen molar-refractivity contribution in [2.24, 2.45) is 0 Å². The summed E-state index contributed by atoms with van der Waals surface area (Å²) in [5.74, 6) is -0.0839. The van der Waals surface area contributed by atoms with E-state index in [1.165, 1.54) is 0 Å². The van der Waals surface area contributed by atoms with E-state index in [4.69, 9.17) is 16.3 Å². The molecule has 5 nitrogen and oxygen atoms in total. The summed E-state index contributed by atoms with van der Waals surface area (Å²) < 4.78 is 7.17. The SMILES string of the molecule is Cc1nn(-c2ccc(NC(=O)C3CCCO3)cc2)c(C)c1Cl. The number of aryl methyl sites for hydroxylation is 1. The lowest BCUT2D eigenvalue weighted by molar-refractivity contribution is -0.124. The van der Waals surface area contributed by atoms with E-state index in [9.17, 15) is 4.79 Å². The van der Waals surface area contributed by atoms with Gasteiger partial charge in [-0.2, -0.15) is 5.10 Å². The van der Waals surface area contributed by atoms with Crippen LogP contribution in [0.1, 0.15) is 24.2 Å². The monoisotopic (exact) mass is 319 g/mol. The summed E-state index contributed by atoms with van der Waals surface area (Å²) in [7, 11) is 0. The second kappa shape index (κ2) is 6.10. The molecular weight excluding hydrogens is 302 g/mol. The number of hydrogen-bond donors (Lipinski definition) is 1. The Kier molecular flexibility index (Phi) is 4.18. The first kappa shape index (κ1) is 15.1. The van der Waals surface area contributed by atoms with Crippen LogP contribution in [0.25, 0.3) is 5.69 Å². The van der Waals surface area contributed by atoms with Crippen LogP contribution >= 0.6 is 11.6 Å². The van der Waals surface area contributed by atoms with Gasteiger partial charge in [0.05, 0.1) is 22.1 Å². The summed E-state index contributed by atoms with van der Waals surface area (Å²) in [6.45, 7) is 4.47. The molecule has 0 spiro atoms. The van der Waals surface area contributed by atoms with Crippen LogP contribution in [0.3, 0.4) is 0 Å². The Morgan fingerprint density at radius 2 is 2.09 bits per heavy atom. The Hall–Kier alpha value is -1.85. The van der Waals surface area contributed by atoms with Gasteiger partial charge in [0.1, 0.15) is 6.10 Å². The molecule has 0 radical (unpaired) electrons. The number of carbonyl (C=O) groups excluding carboxylic acids is 1. The van der Waals surface area contributed by atoms with Gasteiger partial charge in [-0.1, -0.05) is 11.6 Å². The summed E-state index contributed by atoms with van der Waals surface area (Å²) >= 11 is 6.17. The molecule has 1 saturated heterocycles. The van der Waals surface area contributed by atoms with Gasteiger partial charge in [-0.25, -0.2) is 4.68 Å². The zero-order chi connectivity index (χ0) is 15.7. The molecular formula is C16H18ClN3O2. The van der Waals surface area contributed by atoms with E-state index >= 15 is 0 Å². The molecule has 1 atom stereocenters. The number of halogens is 1. The van der Waals surface area contributed by atoms with E-state index < -0.39 is 0 Å². The number of ether oxygens (including phenoxy) is 1. The van der Waals surface area contributed by atoms with E-state index in [2.05, 4.69) is 10.4 Å². The fourth-order valence-corrected chi connectivity index (χ4v) is 2.69. The fourth-order valence-electron chi connectivity index (χ4n) is 2.57. The van der Waals surface area contributed by atoms with Gasteiger partial charge in [0.25, 0.3) is 5.91 Å². The standard InChI is InChI=1S/C16H18ClN3O2/c1-10-15(17)11(2)20(19-10)13-7-5-12(6-8-13)18-16(21)14-4-3-9-22-14/h5-8,14H,3-4,9H2,1-2H3,(H,18,21). The maximum atomic E-state index is 12.0. The van der Waals surface area contributed by atoms with Crippen LogP contribution < -0.4 is 5.32 Å². The van der Waals surface area contributed by atoms with Crippen molar-refractivity contribution in [2.45, 2.75) is 32.8 Å². The third kappa shape index (κ3) is 2.87. The zero-order valence-corrected chi connectivity index (χ0v) is 13.4. The molecule has 6 heteroatoms. The number of hydrogen-bond acceptors (Lipinski definition) is 3. The molecule has 1 unspecified atom stereocenters. The number of amides is 1. The average Bonchev–Trinajstić information content (AvgIpc) is 3.13. The molecule has 1 aliphatic heterocycles. The highest BCUT2D eigenvalue weighted by atomic mass is 35.5. The highest BCUT2D eigenvalue weighted by Gasteiger charge is 2.23. The second-order valence-corrected chi connectivity index (χ2v) is 5.81. The number of benzene rings is 1. The first-order valence-electron chi connectivity index (χ1n) is 7.31. The van der Waals surface area contributed by atoms with Gasteiger partial charge in [0.15, 0.2) is 0 Å². The molecule has 1 aliphatic rings. The molecule has 1 fully saturated rings. The molecule has 1 aromatic carbocycles. The number of aromatic nitrogens is 2. The van der Waals surface area contributed by atoms with Gasteiger partial charge in [-0.3, -0.25) is 4.79 Å². The molecule has 0 bridgehead atoms. The molecule has 1 amide bonds. The second-order valence-electron chi connectivity index (χ2n) is 5.43. The average molecular weight is 320 g/mol. The lowest BCUT2D eigenvalue weighted by atomic mass is 10.2. The summed E-state index contributed by atoms with van der Waals surface area (Å²) in [5.41, 5.74) is 3.35. The Bertz CT molecular complexity index is 688. The maximum absolute atomic E-state index is 12.0. The lowest BCUT2D eigenvalue weighted by Crippen LogP contribution is -2.26. The highest BCUT2D eigenvalue weighted by Crippen LogP contribution is 2.23. The third-order valence-electron chi connectivity index (χ3n) is 3.80. The zero-order valence-electron chi connectivity index (χ0n) is 12.6. The summed E-state index contributed by atoms with van der Waals surface area (Å²) in [5, 5.41) is 7.96. The minimum Gasteiger partial charge on any atom is -0.368 e. The van der Waals surface area contributed by atoms with Gasteiger partial charge in [-0.05, 0) is 51.0 Å². The van der Waals surface area contributed by atoms with Crippen molar-refractivity contribution in [3.05, 3.63) is 40.7 Å². The molecule has 2 aromatic rings. The predicted molar refractivity (Wildman–Crippen MR) is 85.7 cm³/mol. The van der Waals surface area contributed by atoms with Crippen LogP contribution in [0.2, 0.25) is 5.02 Å². The van der Waals surface area contributed by atoms with E-state index in [0.717, 1.165) is 35.6 Å². The Morgan fingerprint density at radius 1 is 1.36 bits per heavy atom. The summed E-state index contributed by atoms with van der Waals surface area (Å²) in [6.07, 6.45) is 1.40. The third-order valence-corrected chi connectivity index (χ3v) is 4.35. The van der Waals surface area contributed by atoms with Crippen molar-refractivity contribution < 1.29 is 9.53 Å². The predicted octanol–water partition coefficient (Wildman–Crippen LogP) is 3.26. The number of nitrogens with one attached hydrogen (secondary N) is 1. The molecule has 1 N–H and O–H groups in total. The summed E-state index contributed by atoms with van der Waals surface area (Å²) in [4.78, 5) is 12.0. The van der Waals surface area contributed by atoms with Gasteiger partial charge in [-0.15, -0.1) is 0 Å². The number of rotatable bonds is 3. The van der Waals surface area contributed by atoms with Crippen LogP contribution in [0.15, 0.2) is 24.3 Å². The van der Waals surface area contributed by atoms with E-state index in [0.29, 0.717) is 11.6 Å². The van der Waals surface area contributed by atoms with Crippen molar-refractivity contribution in [1.82, 2.24) is 9.78 Å². The van der Waals surface area contributed by atoms with Gasteiger partial charge >= 0.3 is 0 Å². The number of anilines is 1. The first-order valence-corrected chi connectivity index (χ1v) is 7.68. The number of carbonyl (C=O) groups is 1. The van der Waals surface area contributed by atoms with Gasteiger partial charge in [0, 0.05) is 12.3 Å². The number of nitrogens with zero attached hydrogens (tertiary/aromatic N) is 2. The molecule has 2 heterocycles.